The molecule has 0 bridgehead atoms. The highest BCUT2D eigenvalue weighted by atomic mass is 33.1. The van der Waals surface area contributed by atoms with Crippen molar-refractivity contribution in [1.82, 2.24) is 16.0 Å². The molecule has 9 N–H and O–H groups in total. The molecule has 178 valence electrons. The summed E-state index contributed by atoms with van der Waals surface area (Å²) < 4.78 is 0. The Morgan fingerprint density at radius 2 is 1.71 bits per heavy atom. The largest absolute Gasteiger partial charge is 0.370 e. The van der Waals surface area contributed by atoms with E-state index in [0.29, 0.717) is 13.1 Å². The normalized spacial score (nSPS) is 16.1. The Kier molecular flexibility index (Phi) is 14.2. The van der Waals surface area contributed by atoms with Gasteiger partial charge in [-0.05, 0) is 32.1 Å². The van der Waals surface area contributed by atoms with Crippen LogP contribution in [0.4, 0.5) is 0 Å². The number of carbonyl (C=O) groups excluding carboxylic acids is 3. The maximum atomic E-state index is 12.6. The van der Waals surface area contributed by atoms with E-state index in [1.807, 2.05) is 0 Å². The summed E-state index contributed by atoms with van der Waals surface area (Å²) in [5.74, 6) is 0.654. The van der Waals surface area contributed by atoms with Gasteiger partial charge in [-0.1, -0.05) is 40.9 Å². The standard InChI is InChI=1S/C19H37N7O3S2/c1-13(17(28)23-9-5-10-30-31-11-8-20)25-15(27)12-24-18(29)16(26-19(21)22)14-6-3-2-4-7-14/h13-14,16H,2-12,20H2,1H3,(H,23,28)(H,24,29)(H,25,27)(H4,21,22,26)/t13-,16+/m0/s1. The number of nitrogens with zero attached hydrogens (tertiary/aromatic N) is 1. The lowest BCUT2D eigenvalue weighted by molar-refractivity contribution is -0.130. The highest BCUT2D eigenvalue weighted by Crippen LogP contribution is 2.28. The van der Waals surface area contributed by atoms with E-state index in [9.17, 15) is 14.4 Å². The van der Waals surface area contributed by atoms with Gasteiger partial charge in [0.1, 0.15) is 12.1 Å². The molecule has 0 spiro atoms. The molecule has 0 radical (unpaired) electrons. The fourth-order valence-corrected chi connectivity index (χ4v) is 5.22. The molecule has 0 aliphatic heterocycles. The maximum Gasteiger partial charge on any atom is 0.245 e. The molecule has 0 aromatic rings. The molecule has 0 unspecified atom stereocenters. The van der Waals surface area contributed by atoms with E-state index < -0.39 is 18.0 Å². The molecule has 0 aromatic heterocycles. The smallest absolute Gasteiger partial charge is 0.245 e. The van der Waals surface area contributed by atoms with E-state index in [-0.39, 0.29) is 30.2 Å². The molecule has 12 heteroatoms. The lowest BCUT2D eigenvalue weighted by Gasteiger charge is -2.27. The zero-order valence-electron chi connectivity index (χ0n) is 18.2. The van der Waals surface area contributed by atoms with Crippen molar-refractivity contribution in [1.29, 1.82) is 0 Å². The van der Waals surface area contributed by atoms with E-state index in [1.54, 1.807) is 28.5 Å². The summed E-state index contributed by atoms with van der Waals surface area (Å²) in [4.78, 5) is 40.9. The lowest BCUT2D eigenvalue weighted by Crippen LogP contribution is -2.49. The highest BCUT2D eigenvalue weighted by molar-refractivity contribution is 8.76. The number of carbonyl (C=O) groups is 3. The first-order valence-electron chi connectivity index (χ1n) is 10.7. The first-order chi connectivity index (χ1) is 14.8. The van der Waals surface area contributed by atoms with Crippen molar-refractivity contribution in [3.8, 4) is 0 Å². The minimum Gasteiger partial charge on any atom is -0.370 e. The quantitative estimate of drug-likeness (QED) is 0.0856. The fourth-order valence-electron chi connectivity index (χ4n) is 3.28. The predicted octanol–water partition coefficient (Wildman–Crippen LogP) is -0.324. The van der Waals surface area contributed by atoms with E-state index in [0.717, 1.165) is 50.0 Å². The molecule has 1 saturated carbocycles. The minimum absolute atomic E-state index is 0.0653. The van der Waals surface area contributed by atoms with Crippen molar-refractivity contribution in [2.24, 2.45) is 28.1 Å². The summed E-state index contributed by atoms with van der Waals surface area (Å²) in [6.07, 6.45) is 5.80. The Hall–Kier alpha value is -1.66. The highest BCUT2D eigenvalue weighted by Gasteiger charge is 2.29. The summed E-state index contributed by atoms with van der Waals surface area (Å²) in [6.45, 7) is 2.55. The summed E-state index contributed by atoms with van der Waals surface area (Å²) in [5.41, 5.74) is 16.4. The molecular weight excluding hydrogens is 438 g/mol. The van der Waals surface area contributed by atoms with Crippen LogP contribution in [0.3, 0.4) is 0 Å². The molecule has 0 heterocycles. The van der Waals surface area contributed by atoms with Gasteiger partial charge in [-0.3, -0.25) is 14.4 Å². The number of hydrogen-bond donors (Lipinski definition) is 6. The second-order valence-electron chi connectivity index (χ2n) is 7.48. The van der Waals surface area contributed by atoms with Crippen LogP contribution in [0.15, 0.2) is 4.99 Å². The molecule has 0 aromatic carbocycles. The van der Waals surface area contributed by atoms with Crippen LogP contribution in [0.1, 0.15) is 45.4 Å². The van der Waals surface area contributed by atoms with Crippen molar-refractivity contribution in [3.63, 3.8) is 0 Å². The Morgan fingerprint density at radius 3 is 2.35 bits per heavy atom. The average molecular weight is 476 g/mol. The van der Waals surface area contributed by atoms with Crippen LogP contribution in [0.25, 0.3) is 0 Å². The average Bonchev–Trinajstić information content (AvgIpc) is 2.75. The van der Waals surface area contributed by atoms with Gasteiger partial charge >= 0.3 is 0 Å². The molecule has 10 nitrogen and oxygen atoms in total. The van der Waals surface area contributed by atoms with Crippen LogP contribution >= 0.6 is 21.6 Å². The Balaban J connectivity index is 2.33. The summed E-state index contributed by atoms with van der Waals surface area (Å²) in [7, 11) is 3.44. The molecule has 2 atom stereocenters. The van der Waals surface area contributed by atoms with E-state index >= 15 is 0 Å². The van der Waals surface area contributed by atoms with Crippen LogP contribution in [0.5, 0.6) is 0 Å². The topological polar surface area (TPSA) is 178 Å². The van der Waals surface area contributed by atoms with Gasteiger partial charge in [-0.25, -0.2) is 4.99 Å². The molecule has 3 amide bonds. The van der Waals surface area contributed by atoms with Crippen molar-refractivity contribution >= 4 is 45.3 Å². The van der Waals surface area contributed by atoms with Crippen molar-refractivity contribution < 1.29 is 14.4 Å². The summed E-state index contributed by atoms with van der Waals surface area (Å²) in [6, 6.07) is -1.39. The Labute approximate surface area is 192 Å². The number of hydrogen-bond acceptors (Lipinski definition) is 7. The van der Waals surface area contributed by atoms with Crippen LogP contribution in [-0.2, 0) is 14.4 Å². The van der Waals surface area contributed by atoms with Gasteiger partial charge in [-0.15, -0.1) is 0 Å². The SMILES string of the molecule is C[C@H](NC(=O)CNC(=O)[C@H](N=C(N)N)C1CCCCC1)C(=O)NCCCSSCCN. The molecule has 1 aliphatic carbocycles. The van der Waals surface area contributed by atoms with E-state index in [2.05, 4.69) is 20.9 Å². The number of amides is 3. The predicted molar refractivity (Wildman–Crippen MR) is 128 cm³/mol. The molecule has 1 aliphatic rings. The van der Waals surface area contributed by atoms with Crippen LogP contribution < -0.4 is 33.2 Å². The molecular formula is C19H37N7O3S2. The van der Waals surface area contributed by atoms with Gasteiger partial charge in [0.15, 0.2) is 5.96 Å². The first-order valence-corrected chi connectivity index (χ1v) is 13.2. The van der Waals surface area contributed by atoms with E-state index in [1.165, 1.54) is 0 Å². The second kappa shape index (κ2) is 16.0. The number of rotatable bonds is 14. The summed E-state index contributed by atoms with van der Waals surface area (Å²) >= 11 is 0. The Bertz CT molecular complexity index is 597. The van der Waals surface area contributed by atoms with Gasteiger partial charge in [0, 0.05) is 24.6 Å². The van der Waals surface area contributed by atoms with Crippen LogP contribution in [0, 0.1) is 5.92 Å². The molecule has 1 fully saturated rings. The third kappa shape index (κ3) is 12.1. The third-order valence-electron chi connectivity index (χ3n) is 4.84. The van der Waals surface area contributed by atoms with Gasteiger partial charge in [0.05, 0.1) is 6.54 Å². The fraction of sp³-hybridized carbons (Fsp3) is 0.789. The van der Waals surface area contributed by atoms with Crippen molar-refractivity contribution in [2.75, 3.05) is 31.1 Å². The molecule has 31 heavy (non-hydrogen) atoms. The van der Waals surface area contributed by atoms with Gasteiger partial charge < -0.3 is 33.2 Å². The Morgan fingerprint density at radius 1 is 1.03 bits per heavy atom. The molecule has 1 rings (SSSR count). The van der Waals surface area contributed by atoms with Crippen molar-refractivity contribution in [3.05, 3.63) is 0 Å². The monoisotopic (exact) mass is 475 g/mol. The van der Waals surface area contributed by atoms with Gasteiger partial charge in [0.25, 0.3) is 0 Å². The third-order valence-corrected chi connectivity index (χ3v) is 7.36. The minimum atomic E-state index is -0.699. The number of nitrogens with two attached hydrogens (primary N) is 3. The number of guanidine groups is 1. The lowest BCUT2D eigenvalue weighted by atomic mass is 9.83. The van der Waals surface area contributed by atoms with E-state index in [4.69, 9.17) is 17.2 Å². The maximum absolute atomic E-state index is 12.6. The molecule has 0 saturated heterocycles. The van der Waals surface area contributed by atoms with Gasteiger partial charge in [-0.2, -0.15) is 0 Å². The second-order valence-corrected chi connectivity index (χ2v) is 10.2. The zero-order chi connectivity index (χ0) is 23.1. The van der Waals surface area contributed by atoms with Gasteiger partial charge in [0.2, 0.25) is 17.7 Å². The summed E-state index contributed by atoms with van der Waals surface area (Å²) in [5, 5.41) is 7.97. The van der Waals surface area contributed by atoms with Crippen LogP contribution in [0.2, 0.25) is 0 Å². The van der Waals surface area contributed by atoms with Crippen LogP contribution in [-0.4, -0.2) is 66.9 Å². The number of nitrogens with one attached hydrogen (secondary N) is 3. The zero-order valence-corrected chi connectivity index (χ0v) is 19.9. The first kappa shape index (κ1) is 27.4. The van der Waals surface area contributed by atoms with Crippen molar-refractivity contribution in [2.45, 2.75) is 57.5 Å². The number of aliphatic imine (C=N–C) groups is 1.